The maximum absolute atomic E-state index is 11.4. The van der Waals surface area contributed by atoms with E-state index in [1.165, 1.54) is 0 Å². The van der Waals surface area contributed by atoms with Crippen LogP contribution < -0.4 is 0 Å². The molecule has 0 saturated carbocycles. The molecule has 0 unspecified atom stereocenters. The molecule has 17 heavy (non-hydrogen) atoms. The SMILES string of the molecule is CCOC(=O)Cc1nc2c(O)cccc2n1C. The van der Waals surface area contributed by atoms with Crippen LogP contribution in [0.25, 0.3) is 11.0 Å². The third-order valence-corrected chi connectivity index (χ3v) is 2.59. The average molecular weight is 234 g/mol. The molecular formula is C12H14N2O3. The standard InChI is InChI=1S/C12H14N2O3/c1-3-17-11(16)7-10-13-12-8(14(10)2)5-4-6-9(12)15/h4-6,15H,3,7H2,1-2H3. The zero-order valence-corrected chi connectivity index (χ0v) is 9.80. The molecule has 1 heterocycles. The summed E-state index contributed by atoms with van der Waals surface area (Å²) in [5, 5.41) is 9.65. The predicted molar refractivity (Wildman–Crippen MR) is 62.7 cm³/mol. The van der Waals surface area contributed by atoms with Crippen molar-refractivity contribution in [1.82, 2.24) is 9.55 Å². The first-order chi connectivity index (χ1) is 8.13. The van der Waals surface area contributed by atoms with Gasteiger partial charge in [-0.3, -0.25) is 4.79 Å². The molecule has 5 nitrogen and oxygen atoms in total. The molecule has 0 saturated heterocycles. The fourth-order valence-electron chi connectivity index (χ4n) is 1.75. The molecule has 0 radical (unpaired) electrons. The van der Waals surface area contributed by atoms with Crippen LogP contribution in [0.2, 0.25) is 0 Å². The first-order valence-corrected chi connectivity index (χ1v) is 5.42. The third kappa shape index (κ3) is 2.08. The van der Waals surface area contributed by atoms with Gasteiger partial charge in [-0.15, -0.1) is 0 Å². The molecule has 0 atom stereocenters. The molecule has 1 aromatic heterocycles. The summed E-state index contributed by atoms with van der Waals surface area (Å²) in [4.78, 5) is 15.6. The van der Waals surface area contributed by atoms with Gasteiger partial charge in [0, 0.05) is 7.05 Å². The van der Waals surface area contributed by atoms with Crippen molar-refractivity contribution in [1.29, 1.82) is 0 Å². The molecule has 0 spiro atoms. The summed E-state index contributed by atoms with van der Waals surface area (Å²) in [7, 11) is 1.81. The molecule has 2 rings (SSSR count). The van der Waals surface area contributed by atoms with Gasteiger partial charge in [-0.2, -0.15) is 0 Å². The maximum atomic E-state index is 11.4. The number of rotatable bonds is 3. The Kier molecular flexibility index (Phi) is 2.99. The summed E-state index contributed by atoms with van der Waals surface area (Å²) in [5.41, 5.74) is 1.30. The number of carbonyl (C=O) groups excluding carboxylic acids is 1. The number of carbonyl (C=O) groups is 1. The van der Waals surface area contributed by atoms with E-state index in [0.29, 0.717) is 17.9 Å². The Morgan fingerprint density at radius 1 is 1.53 bits per heavy atom. The first-order valence-electron chi connectivity index (χ1n) is 5.42. The van der Waals surface area contributed by atoms with Crippen LogP contribution in [0.1, 0.15) is 12.7 Å². The highest BCUT2D eigenvalue weighted by Crippen LogP contribution is 2.24. The normalized spacial score (nSPS) is 10.7. The van der Waals surface area contributed by atoms with Gasteiger partial charge in [0.2, 0.25) is 0 Å². The van der Waals surface area contributed by atoms with Crippen LogP contribution in [0.4, 0.5) is 0 Å². The first kappa shape index (κ1) is 11.4. The number of aromatic nitrogens is 2. The number of esters is 1. The molecule has 2 aromatic rings. The van der Waals surface area contributed by atoms with Gasteiger partial charge in [0.05, 0.1) is 12.1 Å². The van der Waals surface area contributed by atoms with E-state index in [9.17, 15) is 9.90 Å². The van der Waals surface area contributed by atoms with E-state index < -0.39 is 0 Å². The highest BCUT2D eigenvalue weighted by Gasteiger charge is 2.14. The summed E-state index contributed by atoms with van der Waals surface area (Å²) < 4.78 is 6.66. The number of phenols is 1. The maximum Gasteiger partial charge on any atom is 0.313 e. The second-order valence-electron chi connectivity index (χ2n) is 3.71. The molecule has 1 aromatic carbocycles. The minimum atomic E-state index is -0.314. The van der Waals surface area contributed by atoms with Crippen molar-refractivity contribution in [2.24, 2.45) is 7.05 Å². The van der Waals surface area contributed by atoms with Crippen molar-refractivity contribution < 1.29 is 14.6 Å². The molecule has 0 bridgehead atoms. The molecule has 0 fully saturated rings. The van der Waals surface area contributed by atoms with Gasteiger partial charge in [0.1, 0.15) is 23.5 Å². The van der Waals surface area contributed by atoms with Gasteiger partial charge in [0.15, 0.2) is 0 Å². The molecule has 0 aliphatic carbocycles. The Hall–Kier alpha value is -2.04. The smallest absolute Gasteiger partial charge is 0.313 e. The molecule has 0 aliphatic rings. The molecular weight excluding hydrogens is 220 g/mol. The van der Waals surface area contributed by atoms with Gasteiger partial charge >= 0.3 is 5.97 Å². The number of aryl methyl sites for hydroxylation is 1. The molecule has 0 aliphatic heterocycles. The van der Waals surface area contributed by atoms with Gasteiger partial charge < -0.3 is 14.4 Å². The number of imidazole rings is 1. The Morgan fingerprint density at radius 3 is 2.94 bits per heavy atom. The fraction of sp³-hybridized carbons (Fsp3) is 0.333. The van der Waals surface area contributed by atoms with Crippen molar-refractivity contribution in [3.63, 3.8) is 0 Å². The van der Waals surface area contributed by atoms with Crippen molar-refractivity contribution >= 4 is 17.0 Å². The predicted octanol–water partition coefficient (Wildman–Crippen LogP) is 1.38. The summed E-state index contributed by atoms with van der Waals surface area (Å²) in [6.07, 6.45) is 0.110. The lowest BCUT2D eigenvalue weighted by molar-refractivity contribution is -0.142. The van der Waals surface area contributed by atoms with E-state index in [0.717, 1.165) is 5.52 Å². The number of nitrogens with zero attached hydrogens (tertiary/aromatic N) is 2. The topological polar surface area (TPSA) is 64.3 Å². The Balaban J connectivity index is 2.39. The van der Waals surface area contributed by atoms with E-state index in [1.807, 2.05) is 13.1 Å². The number of benzene rings is 1. The van der Waals surface area contributed by atoms with Crippen LogP contribution in [-0.2, 0) is 23.0 Å². The van der Waals surface area contributed by atoms with Crippen molar-refractivity contribution in [3.8, 4) is 5.75 Å². The molecule has 0 amide bonds. The van der Waals surface area contributed by atoms with Crippen LogP contribution in [0.3, 0.4) is 0 Å². The van der Waals surface area contributed by atoms with E-state index >= 15 is 0 Å². The van der Waals surface area contributed by atoms with Crippen LogP contribution in [0.15, 0.2) is 18.2 Å². The van der Waals surface area contributed by atoms with Crippen LogP contribution in [0, 0.1) is 0 Å². The van der Waals surface area contributed by atoms with Crippen LogP contribution in [0.5, 0.6) is 5.75 Å². The van der Waals surface area contributed by atoms with Gasteiger partial charge in [-0.1, -0.05) is 6.07 Å². The highest BCUT2D eigenvalue weighted by atomic mass is 16.5. The fourth-order valence-corrected chi connectivity index (χ4v) is 1.75. The van der Waals surface area contributed by atoms with E-state index in [4.69, 9.17) is 4.74 Å². The van der Waals surface area contributed by atoms with Gasteiger partial charge in [-0.25, -0.2) is 4.98 Å². The lowest BCUT2D eigenvalue weighted by Crippen LogP contribution is -2.11. The summed E-state index contributed by atoms with van der Waals surface area (Å²) in [5.74, 6) is 0.388. The van der Waals surface area contributed by atoms with E-state index in [1.54, 1.807) is 23.6 Å². The number of ether oxygens (including phenoxy) is 1. The van der Waals surface area contributed by atoms with Crippen molar-refractivity contribution in [2.75, 3.05) is 6.61 Å². The second-order valence-corrected chi connectivity index (χ2v) is 3.71. The summed E-state index contributed by atoms with van der Waals surface area (Å²) >= 11 is 0. The Bertz CT molecular complexity index is 560. The Morgan fingerprint density at radius 2 is 2.29 bits per heavy atom. The number of phenolic OH excluding ortho intramolecular Hbond substituents is 1. The van der Waals surface area contributed by atoms with E-state index in [2.05, 4.69) is 4.98 Å². The minimum absolute atomic E-state index is 0.110. The lowest BCUT2D eigenvalue weighted by atomic mass is 10.3. The quantitative estimate of drug-likeness (QED) is 0.815. The van der Waals surface area contributed by atoms with E-state index in [-0.39, 0.29) is 18.1 Å². The number of para-hydroxylation sites is 1. The zero-order valence-electron chi connectivity index (χ0n) is 9.80. The number of hydrogen-bond acceptors (Lipinski definition) is 4. The van der Waals surface area contributed by atoms with Gasteiger partial charge in [-0.05, 0) is 19.1 Å². The lowest BCUT2D eigenvalue weighted by Gasteiger charge is -2.02. The molecule has 1 N–H and O–H groups in total. The Labute approximate surface area is 98.6 Å². The largest absolute Gasteiger partial charge is 0.506 e. The second kappa shape index (κ2) is 4.45. The zero-order chi connectivity index (χ0) is 12.4. The monoisotopic (exact) mass is 234 g/mol. The molecule has 90 valence electrons. The summed E-state index contributed by atoms with van der Waals surface area (Å²) in [6.45, 7) is 2.12. The average Bonchev–Trinajstić information content (AvgIpc) is 2.59. The number of aromatic hydroxyl groups is 1. The molecule has 5 heteroatoms. The minimum Gasteiger partial charge on any atom is -0.506 e. The van der Waals surface area contributed by atoms with Crippen molar-refractivity contribution in [2.45, 2.75) is 13.3 Å². The van der Waals surface area contributed by atoms with Crippen molar-refractivity contribution in [3.05, 3.63) is 24.0 Å². The number of fused-ring (bicyclic) bond motifs is 1. The highest BCUT2D eigenvalue weighted by molar-refractivity contribution is 5.83. The van der Waals surface area contributed by atoms with Crippen LogP contribution in [-0.4, -0.2) is 27.2 Å². The van der Waals surface area contributed by atoms with Crippen LogP contribution >= 0.6 is 0 Å². The number of hydrogen-bond donors (Lipinski definition) is 1. The van der Waals surface area contributed by atoms with Gasteiger partial charge in [0.25, 0.3) is 0 Å². The summed E-state index contributed by atoms with van der Waals surface area (Å²) in [6, 6.07) is 5.16. The third-order valence-electron chi connectivity index (χ3n) is 2.59.